The number of aromatic hydroxyl groups is 1. The first-order valence-electron chi connectivity index (χ1n) is 6.04. The molecular weight excluding hydrogens is 246 g/mol. The molecule has 0 unspecified atom stereocenters. The van der Waals surface area contributed by atoms with Crippen molar-refractivity contribution in [2.45, 2.75) is 20.3 Å². The number of hydrogen-bond donors (Lipinski definition) is 3. The lowest BCUT2D eigenvalue weighted by Crippen LogP contribution is -2.39. The number of phenolic OH excluding ortho intramolecular Hbond substituents is 1. The van der Waals surface area contributed by atoms with Crippen LogP contribution in [0, 0.1) is 6.92 Å². The molecule has 1 aromatic carbocycles. The fraction of sp³-hybridized carbons (Fsp3) is 0.385. The van der Waals surface area contributed by atoms with Crippen LogP contribution in [-0.2, 0) is 0 Å². The van der Waals surface area contributed by atoms with Crippen LogP contribution in [0.25, 0.3) is 0 Å². The van der Waals surface area contributed by atoms with Gasteiger partial charge in [0.2, 0.25) is 0 Å². The predicted octanol–water partition coefficient (Wildman–Crippen LogP) is 1.30. The number of phenols is 1. The number of carbonyl (C=O) groups excluding carboxylic acids is 1. The van der Waals surface area contributed by atoms with Crippen LogP contribution < -0.4 is 5.73 Å². The SMILES string of the molecule is CCCN(CC(N)=NO)C(=O)c1ccc(C)cc1O. The highest BCUT2D eigenvalue weighted by atomic mass is 16.4. The van der Waals surface area contributed by atoms with Gasteiger partial charge < -0.3 is 20.9 Å². The molecule has 0 spiro atoms. The summed E-state index contributed by atoms with van der Waals surface area (Å²) in [5, 5.41) is 21.2. The second-order valence-electron chi connectivity index (χ2n) is 4.34. The van der Waals surface area contributed by atoms with Gasteiger partial charge in [-0.05, 0) is 31.0 Å². The number of benzene rings is 1. The summed E-state index contributed by atoms with van der Waals surface area (Å²) >= 11 is 0. The van der Waals surface area contributed by atoms with Gasteiger partial charge in [-0.15, -0.1) is 0 Å². The van der Waals surface area contributed by atoms with Crippen LogP contribution in [0.1, 0.15) is 29.3 Å². The van der Waals surface area contributed by atoms with E-state index in [9.17, 15) is 9.90 Å². The van der Waals surface area contributed by atoms with Crippen molar-refractivity contribution < 1.29 is 15.1 Å². The summed E-state index contributed by atoms with van der Waals surface area (Å²) in [4.78, 5) is 13.7. The quantitative estimate of drug-likeness (QED) is 0.323. The van der Waals surface area contributed by atoms with Gasteiger partial charge in [-0.25, -0.2) is 0 Å². The molecule has 1 aromatic rings. The first kappa shape index (κ1) is 14.8. The van der Waals surface area contributed by atoms with Gasteiger partial charge in [-0.3, -0.25) is 4.79 Å². The number of aryl methyl sites for hydroxylation is 1. The van der Waals surface area contributed by atoms with Crippen molar-refractivity contribution in [3.05, 3.63) is 29.3 Å². The molecule has 0 fully saturated rings. The molecule has 6 heteroatoms. The minimum atomic E-state index is -0.342. The normalized spacial score (nSPS) is 11.4. The maximum Gasteiger partial charge on any atom is 0.258 e. The van der Waals surface area contributed by atoms with E-state index in [1.165, 1.54) is 11.0 Å². The third-order valence-electron chi connectivity index (χ3n) is 2.65. The third kappa shape index (κ3) is 3.87. The zero-order valence-electron chi connectivity index (χ0n) is 11.1. The molecule has 0 bridgehead atoms. The molecule has 0 aliphatic heterocycles. The first-order chi connectivity index (χ1) is 8.99. The van der Waals surface area contributed by atoms with E-state index < -0.39 is 0 Å². The van der Waals surface area contributed by atoms with Gasteiger partial charge in [0.1, 0.15) is 5.75 Å². The number of amides is 1. The Morgan fingerprint density at radius 3 is 2.68 bits per heavy atom. The Kier molecular flexibility index (Phi) is 5.17. The maximum absolute atomic E-state index is 12.3. The van der Waals surface area contributed by atoms with Gasteiger partial charge in [-0.2, -0.15) is 0 Å². The second-order valence-corrected chi connectivity index (χ2v) is 4.34. The summed E-state index contributed by atoms with van der Waals surface area (Å²) in [5.74, 6) is -0.454. The highest BCUT2D eigenvalue weighted by Gasteiger charge is 2.19. The Morgan fingerprint density at radius 2 is 2.16 bits per heavy atom. The Morgan fingerprint density at radius 1 is 1.47 bits per heavy atom. The molecule has 0 saturated carbocycles. The van der Waals surface area contributed by atoms with Crippen LogP contribution >= 0.6 is 0 Å². The molecule has 0 aliphatic rings. The van der Waals surface area contributed by atoms with Crippen LogP contribution in [0.15, 0.2) is 23.4 Å². The topological polar surface area (TPSA) is 99.1 Å². The summed E-state index contributed by atoms with van der Waals surface area (Å²) in [5.41, 5.74) is 6.51. The lowest BCUT2D eigenvalue weighted by Gasteiger charge is -2.21. The van der Waals surface area contributed by atoms with Gasteiger partial charge in [0.25, 0.3) is 5.91 Å². The predicted molar refractivity (Wildman–Crippen MR) is 72.4 cm³/mol. The summed E-state index contributed by atoms with van der Waals surface area (Å²) in [6.45, 7) is 4.23. The van der Waals surface area contributed by atoms with Crippen molar-refractivity contribution in [3.63, 3.8) is 0 Å². The summed E-state index contributed by atoms with van der Waals surface area (Å²) in [6.07, 6.45) is 0.733. The summed E-state index contributed by atoms with van der Waals surface area (Å²) in [7, 11) is 0. The summed E-state index contributed by atoms with van der Waals surface area (Å²) < 4.78 is 0. The molecule has 0 saturated heterocycles. The Bertz CT molecular complexity index is 486. The molecule has 0 atom stereocenters. The van der Waals surface area contributed by atoms with Gasteiger partial charge in [0, 0.05) is 6.54 Å². The van der Waals surface area contributed by atoms with Crippen molar-refractivity contribution in [2.24, 2.45) is 10.9 Å². The molecule has 0 radical (unpaired) electrons. The van der Waals surface area contributed by atoms with Crippen molar-refractivity contribution >= 4 is 11.7 Å². The average Bonchev–Trinajstić information content (AvgIpc) is 2.37. The molecule has 0 heterocycles. The number of oxime groups is 1. The largest absolute Gasteiger partial charge is 0.507 e. The van der Waals surface area contributed by atoms with Gasteiger partial charge in [-0.1, -0.05) is 18.1 Å². The highest BCUT2D eigenvalue weighted by Crippen LogP contribution is 2.20. The number of nitrogens with two attached hydrogens (primary N) is 1. The molecule has 1 rings (SSSR count). The molecular formula is C13H19N3O3. The van der Waals surface area contributed by atoms with E-state index in [0.717, 1.165) is 12.0 Å². The number of carbonyl (C=O) groups is 1. The van der Waals surface area contributed by atoms with Crippen LogP contribution in [0.3, 0.4) is 0 Å². The van der Waals surface area contributed by atoms with E-state index in [1.807, 2.05) is 13.8 Å². The van der Waals surface area contributed by atoms with E-state index in [2.05, 4.69) is 5.16 Å². The van der Waals surface area contributed by atoms with E-state index in [-0.39, 0.29) is 29.6 Å². The zero-order chi connectivity index (χ0) is 14.4. The van der Waals surface area contributed by atoms with Crippen molar-refractivity contribution in [3.8, 4) is 5.75 Å². The zero-order valence-corrected chi connectivity index (χ0v) is 11.1. The average molecular weight is 265 g/mol. The first-order valence-corrected chi connectivity index (χ1v) is 6.04. The van der Waals surface area contributed by atoms with Gasteiger partial charge in [0.05, 0.1) is 12.1 Å². The third-order valence-corrected chi connectivity index (χ3v) is 2.65. The number of rotatable bonds is 5. The lowest BCUT2D eigenvalue weighted by atomic mass is 10.1. The van der Waals surface area contributed by atoms with Crippen LogP contribution in [-0.4, -0.2) is 40.0 Å². The van der Waals surface area contributed by atoms with Crippen molar-refractivity contribution in [2.75, 3.05) is 13.1 Å². The van der Waals surface area contributed by atoms with E-state index >= 15 is 0 Å². The van der Waals surface area contributed by atoms with Crippen LogP contribution in [0.5, 0.6) is 5.75 Å². The highest BCUT2D eigenvalue weighted by molar-refractivity contribution is 5.99. The number of nitrogens with zero attached hydrogens (tertiary/aromatic N) is 2. The van der Waals surface area contributed by atoms with E-state index in [1.54, 1.807) is 12.1 Å². The molecule has 4 N–H and O–H groups in total. The van der Waals surface area contributed by atoms with Crippen LogP contribution in [0.4, 0.5) is 0 Å². The molecule has 6 nitrogen and oxygen atoms in total. The Balaban J connectivity index is 2.98. The Labute approximate surface area is 112 Å². The lowest BCUT2D eigenvalue weighted by molar-refractivity contribution is 0.0775. The molecule has 19 heavy (non-hydrogen) atoms. The molecule has 0 aromatic heterocycles. The number of hydrogen-bond acceptors (Lipinski definition) is 4. The Hall–Kier alpha value is -2.24. The van der Waals surface area contributed by atoms with Crippen molar-refractivity contribution in [1.29, 1.82) is 0 Å². The smallest absolute Gasteiger partial charge is 0.258 e. The van der Waals surface area contributed by atoms with E-state index in [0.29, 0.717) is 6.54 Å². The molecule has 104 valence electrons. The minimum Gasteiger partial charge on any atom is -0.507 e. The summed E-state index contributed by atoms with van der Waals surface area (Å²) in [6, 6.07) is 4.85. The number of amidine groups is 1. The standard InChI is InChI=1S/C13H19N3O3/c1-3-6-16(8-12(14)15-19)13(18)10-5-4-9(2)7-11(10)17/h4-5,7,17,19H,3,6,8H2,1-2H3,(H2,14,15). The fourth-order valence-electron chi connectivity index (χ4n) is 1.74. The molecule has 1 amide bonds. The van der Waals surface area contributed by atoms with Gasteiger partial charge in [0.15, 0.2) is 5.84 Å². The van der Waals surface area contributed by atoms with Crippen molar-refractivity contribution in [1.82, 2.24) is 4.90 Å². The second kappa shape index (κ2) is 6.63. The maximum atomic E-state index is 12.3. The minimum absolute atomic E-state index is 0.0243. The van der Waals surface area contributed by atoms with Gasteiger partial charge >= 0.3 is 0 Å². The fourth-order valence-corrected chi connectivity index (χ4v) is 1.74. The van der Waals surface area contributed by atoms with Crippen LogP contribution in [0.2, 0.25) is 0 Å². The molecule has 0 aliphatic carbocycles. The van der Waals surface area contributed by atoms with E-state index in [4.69, 9.17) is 10.9 Å². The monoisotopic (exact) mass is 265 g/mol.